The summed E-state index contributed by atoms with van der Waals surface area (Å²) in [6, 6.07) is 81.5. The molecule has 0 aliphatic rings. The van der Waals surface area contributed by atoms with Crippen LogP contribution in [0.4, 0.5) is 0 Å². The van der Waals surface area contributed by atoms with Gasteiger partial charge < -0.3 is 13.7 Å². The minimum Gasteiger partial charge on any atom is -0.306 e. The number of nitriles is 2. The van der Waals surface area contributed by atoms with E-state index in [-0.39, 0.29) is 0 Å². The lowest BCUT2D eigenvalue weighted by molar-refractivity contribution is 1.06. The number of benzene rings is 11. The lowest BCUT2D eigenvalue weighted by Gasteiger charge is -2.26. The Morgan fingerprint density at radius 1 is 0.276 bits per heavy atom. The highest BCUT2D eigenvalue weighted by Crippen LogP contribution is 2.53. The van der Waals surface area contributed by atoms with Crippen LogP contribution in [0.15, 0.2) is 212 Å². The van der Waals surface area contributed by atoms with Gasteiger partial charge >= 0.3 is 0 Å². The molecule has 17 aromatic rings. The molecule has 11 aromatic carbocycles. The zero-order valence-electron chi connectivity index (χ0n) is 40.2. The van der Waals surface area contributed by atoms with E-state index < -0.39 is 0 Å². The number of thiophene rings is 3. The molecule has 350 valence electrons. The van der Waals surface area contributed by atoms with E-state index in [1.54, 1.807) is 11.3 Å². The lowest BCUT2D eigenvalue weighted by Crippen LogP contribution is -2.14. The molecule has 0 saturated heterocycles. The summed E-state index contributed by atoms with van der Waals surface area (Å²) >= 11 is 5.43. The van der Waals surface area contributed by atoms with Crippen LogP contribution in [0.5, 0.6) is 0 Å². The maximum absolute atomic E-state index is 12.6. The van der Waals surface area contributed by atoms with Gasteiger partial charge in [0.2, 0.25) is 0 Å². The molecule has 0 atom stereocenters. The third-order valence-corrected chi connectivity index (χ3v) is 19.5. The van der Waals surface area contributed by atoms with E-state index in [4.69, 9.17) is 0 Å². The summed E-state index contributed by atoms with van der Waals surface area (Å²) in [7, 11) is 0. The van der Waals surface area contributed by atoms with E-state index in [9.17, 15) is 10.5 Å². The summed E-state index contributed by atoms with van der Waals surface area (Å²) in [4.78, 5) is 0. The third kappa shape index (κ3) is 5.39. The van der Waals surface area contributed by atoms with Gasteiger partial charge in [-0.2, -0.15) is 10.5 Å². The van der Waals surface area contributed by atoms with Crippen LogP contribution >= 0.6 is 34.0 Å². The second kappa shape index (κ2) is 15.5. The van der Waals surface area contributed by atoms with Crippen LogP contribution in [0.2, 0.25) is 0 Å². The van der Waals surface area contributed by atoms with Crippen LogP contribution in [-0.4, -0.2) is 13.7 Å². The SMILES string of the molecule is N#Cc1c(-c2ccccc2)c(-n2c3ccccc3c3c4sc5ccccc5c4ccc32)c(-n2c3ccccc3c3c4sc5ccccc5c4ccc32)c(C#N)c1-n1c2ccccc2c2c3sc4ccccc4c3ccc21. The molecular formula is C68H35N5S3. The molecule has 0 bridgehead atoms. The molecule has 0 radical (unpaired) electrons. The van der Waals surface area contributed by atoms with Crippen molar-refractivity contribution in [1.82, 2.24) is 13.7 Å². The largest absolute Gasteiger partial charge is 0.306 e. The van der Waals surface area contributed by atoms with Crippen molar-refractivity contribution in [2.24, 2.45) is 0 Å². The van der Waals surface area contributed by atoms with Crippen LogP contribution < -0.4 is 0 Å². The number of aromatic nitrogens is 3. The lowest BCUT2D eigenvalue weighted by atomic mass is 9.91. The minimum atomic E-state index is 0.401. The molecule has 0 amide bonds. The van der Waals surface area contributed by atoms with E-state index in [2.05, 4.69) is 232 Å². The van der Waals surface area contributed by atoms with E-state index >= 15 is 0 Å². The average Bonchev–Trinajstić information content (AvgIpc) is 4.34. The molecule has 0 unspecified atom stereocenters. The molecular weight excluding hydrogens is 983 g/mol. The highest BCUT2D eigenvalue weighted by molar-refractivity contribution is 7.27. The van der Waals surface area contributed by atoms with Crippen molar-refractivity contribution in [1.29, 1.82) is 10.5 Å². The maximum atomic E-state index is 12.6. The Morgan fingerprint density at radius 3 is 1.03 bits per heavy atom. The summed E-state index contributed by atoms with van der Waals surface area (Å²) in [6.07, 6.45) is 0. The number of rotatable bonds is 4. The standard InChI is InChI=1S/C68H35N5S3/c69-36-48-59(38-16-2-1-3-17-38)65(73-52-26-12-6-23-47(52)62-55(73)35-32-44-41-20-9-15-29-58(41)76-68(44)62)64(72-51-25-11-5-22-46(51)61-54(72)34-31-43-40-19-8-14-28-57(40)75-67(43)61)49(37-70)63(48)71-50-24-10-4-21-45(50)60-53(71)33-30-42-39-18-7-13-27-56(39)74-66(42)60/h1-35H. The Balaban J connectivity index is 1.14. The van der Waals surface area contributed by atoms with Crippen molar-refractivity contribution in [2.75, 3.05) is 0 Å². The van der Waals surface area contributed by atoms with Gasteiger partial charge in [-0.15, -0.1) is 34.0 Å². The van der Waals surface area contributed by atoms with E-state index in [0.717, 1.165) is 82.2 Å². The monoisotopic (exact) mass is 1020 g/mol. The molecule has 0 spiro atoms. The normalized spacial score (nSPS) is 12.2. The van der Waals surface area contributed by atoms with Crippen molar-refractivity contribution >= 4 is 160 Å². The van der Waals surface area contributed by atoms with Gasteiger partial charge in [-0.1, -0.05) is 158 Å². The molecule has 6 heterocycles. The number of fused-ring (bicyclic) bond motifs is 21. The second-order valence-electron chi connectivity index (χ2n) is 19.6. The Bertz CT molecular complexity index is 5510. The van der Waals surface area contributed by atoms with E-state index in [0.29, 0.717) is 22.5 Å². The van der Waals surface area contributed by atoms with Gasteiger partial charge in [0.1, 0.15) is 17.7 Å². The van der Waals surface area contributed by atoms with Crippen molar-refractivity contribution in [3.8, 4) is 40.3 Å². The molecule has 0 aliphatic heterocycles. The molecule has 0 saturated carbocycles. The fraction of sp³-hybridized carbons (Fsp3) is 0. The van der Waals surface area contributed by atoms with Crippen LogP contribution in [0, 0.1) is 22.7 Å². The highest BCUT2D eigenvalue weighted by atomic mass is 32.1. The average molecular weight is 1020 g/mol. The van der Waals surface area contributed by atoms with Gasteiger partial charge in [0.15, 0.2) is 0 Å². The zero-order valence-corrected chi connectivity index (χ0v) is 42.6. The number of nitrogens with zero attached hydrogens (tertiary/aromatic N) is 5. The molecule has 0 N–H and O–H groups in total. The topological polar surface area (TPSA) is 62.4 Å². The third-order valence-electron chi connectivity index (χ3n) is 15.9. The zero-order chi connectivity index (χ0) is 49.9. The smallest absolute Gasteiger partial charge is 0.104 e. The predicted molar refractivity (Wildman–Crippen MR) is 323 cm³/mol. The first-order chi connectivity index (χ1) is 37.7. The van der Waals surface area contributed by atoms with Gasteiger partial charge in [-0.05, 0) is 60.2 Å². The first-order valence-corrected chi connectivity index (χ1v) is 27.7. The van der Waals surface area contributed by atoms with E-state index in [1.165, 1.54) is 60.5 Å². The molecule has 17 rings (SSSR count). The quantitative estimate of drug-likeness (QED) is 0.176. The van der Waals surface area contributed by atoms with Gasteiger partial charge in [0.25, 0.3) is 0 Å². The molecule has 5 nitrogen and oxygen atoms in total. The number of para-hydroxylation sites is 3. The fourth-order valence-corrected chi connectivity index (χ4v) is 16.7. The predicted octanol–water partition coefficient (Wildman–Crippen LogP) is 19.5. The Hall–Kier alpha value is -9.54. The van der Waals surface area contributed by atoms with Gasteiger partial charge in [0.05, 0.1) is 55.7 Å². The first kappa shape index (κ1) is 41.9. The number of hydrogen-bond donors (Lipinski definition) is 0. The highest BCUT2D eigenvalue weighted by Gasteiger charge is 2.34. The summed E-state index contributed by atoms with van der Waals surface area (Å²) in [5.74, 6) is 0. The van der Waals surface area contributed by atoms with Crippen LogP contribution in [0.25, 0.3) is 154 Å². The molecule has 0 aliphatic carbocycles. The van der Waals surface area contributed by atoms with Crippen molar-refractivity contribution < 1.29 is 0 Å². The van der Waals surface area contributed by atoms with Crippen LogP contribution in [0.3, 0.4) is 0 Å². The van der Waals surface area contributed by atoms with Crippen molar-refractivity contribution in [3.63, 3.8) is 0 Å². The minimum absolute atomic E-state index is 0.401. The molecule has 76 heavy (non-hydrogen) atoms. The summed E-state index contributed by atoms with van der Waals surface area (Å²) in [5, 5.41) is 38.8. The fourth-order valence-electron chi connectivity index (χ4n) is 12.9. The van der Waals surface area contributed by atoms with Crippen molar-refractivity contribution in [3.05, 3.63) is 223 Å². The van der Waals surface area contributed by atoms with Gasteiger partial charge in [-0.3, -0.25) is 0 Å². The summed E-state index contributed by atoms with van der Waals surface area (Å²) < 4.78 is 14.2. The Labute approximate surface area is 445 Å². The maximum Gasteiger partial charge on any atom is 0.104 e. The van der Waals surface area contributed by atoms with Gasteiger partial charge in [0, 0.05) is 98.4 Å². The second-order valence-corrected chi connectivity index (χ2v) is 22.8. The summed E-state index contributed by atoms with van der Waals surface area (Å²) in [5.41, 5.74) is 10.2. The molecule has 0 fully saturated rings. The van der Waals surface area contributed by atoms with E-state index in [1.807, 2.05) is 28.7 Å². The summed E-state index contributed by atoms with van der Waals surface area (Å²) in [6.45, 7) is 0. The van der Waals surface area contributed by atoms with Crippen LogP contribution in [0.1, 0.15) is 11.1 Å². The Kier molecular flexibility index (Phi) is 8.54. The first-order valence-electron chi connectivity index (χ1n) is 25.3. The van der Waals surface area contributed by atoms with Crippen LogP contribution in [-0.2, 0) is 0 Å². The van der Waals surface area contributed by atoms with Crippen molar-refractivity contribution in [2.45, 2.75) is 0 Å². The Morgan fingerprint density at radius 2 is 0.618 bits per heavy atom. The molecule has 8 heteroatoms. The molecule has 6 aromatic heterocycles. The number of hydrogen-bond acceptors (Lipinski definition) is 5. The van der Waals surface area contributed by atoms with Gasteiger partial charge in [-0.25, -0.2) is 0 Å².